The number of methoxy groups -OCH3 is 1. The highest BCUT2D eigenvalue weighted by Crippen LogP contribution is 2.28. The first-order chi connectivity index (χ1) is 15.1. The topological polar surface area (TPSA) is 107 Å². The number of piperidine rings is 1. The van der Waals surface area contributed by atoms with Crippen LogP contribution in [0.3, 0.4) is 0 Å². The average molecular weight is 428 g/mol. The molecule has 3 rings (SSSR count). The van der Waals surface area contributed by atoms with E-state index in [1.807, 2.05) is 12.1 Å². The third-order valence-corrected chi connectivity index (χ3v) is 5.16. The first kappa shape index (κ1) is 22.4. The SMILES string of the molecule is COc1cc(/C=C/C(=O)NCC(c2ccco2)N2CCCCC2)ccc1OCC(N)=O. The molecule has 0 radical (unpaired) electrons. The summed E-state index contributed by atoms with van der Waals surface area (Å²) in [5.41, 5.74) is 5.86. The lowest BCUT2D eigenvalue weighted by atomic mass is 10.1. The molecule has 2 amide bonds. The van der Waals surface area contributed by atoms with Gasteiger partial charge in [0.05, 0.1) is 19.4 Å². The quantitative estimate of drug-likeness (QED) is 0.564. The number of nitrogens with two attached hydrogens (primary N) is 1. The largest absolute Gasteiger partial charge is 0.493 e. The maximum absolute atomic E-state index is 12.4. The Morgan fingerprint density at radius 2 is 2.03 bits per heavy atom. The minimum atomic E-state index is -0.569. The van der Waals surface area contributed by atoms with Gasteiger partial charge in [-0.15, -0.1) is 0 Å². The van der Waals surface area contributed by atoms with Crippen molar-refractivity contribution in [1.29, 1.82) is 0 Å². The van der Waals surface area contributed by atoms with E-state index in [9.17, 15) is 9.59 Å². The molecule has 2 aromatic rings. The Labute approximate surface area is 182 Å². The summed E-state index contributed by atoms with van der Waals surface area (Å²) >= 11 is 0. The number of ether oxygens (including phenoxy) is 2. The van der Waals surface area contributed by atoms with Gasteiger partial charge in [0, 0.05) is 12.6 Å². The van der Waals surface area contributed by atoms with E-state index >= 15 is 0 Å². The molecule has 1 aliphatic heterocycles. The van der Waals surface area contributed by atoms with Crippen LogP contribution in [0.15, 0.2) is 47.1 Å². The smallest absolute Gasteiger partial charge is 0.255 e. The van der Waals surface area contributed by atoms with Gasteiger partial charge in [-0.25, -0.2) is 0 Å². The zero-order chi connectivity index (χ0) is 22.1. The summed E-state index contributed by atoms with van der Waals surface area (Å²) in [6.45, 7) is 2.24. The fourth-order valence-electron chi connectivity index (χ4n) is 3.60. The maximum atomic E-state index is 12.4. The van der Waals surface area contributed by atoms with Crippen LogP contribution in [0.1, 0.15) is 36.6 Å². The van der Waals surface area contributed by atoms with E-state index in [1.54, 1.807) is 30.5 Å². The van der Waals surface area contributed by atoms with E-state index < -0.39 is 5.91 Å². The summed E-state index contributed by atoms with van der Waals surface area (Å²) in [6.07, 6.45) is 8.40. The monoisotopic (exact) mass is 427 g/mol. The summed E-state index contributed by atoms with van der Waals surface area (Å²) in [4.78, 5) is 25.7. The number of likely N-dealkylation sites (tertiary alicyclic amines) is 1. The number of hydrogen-bond acceptors (Lipinski definition) is 6. The van der Waals surface area contributed by atoms with Crippen LogP contribution in [-0.2, 0) is 9.59 Å². The lowest BCUT2D eigenvalue weighted by Crippen LogP contribution is -2.40. The number of amides is 2. The first-order valence-corrected chi connectivity index (χ1v) is 10.4. The number of primary amides is 1. The van der Waals surface area contributed by atoms with Crippen LogP contribution in [0.2, 0.25) is 0 Å². The number of carbonyl (C=O) groups excluding carboxylic acids is 2. The molecule has 0 bridgehead atoms. The van der Waals surface area contributed by atoms with Crippen molar-refractivity contribution >= 4 is 17.9 Å². The highest BCUT2D eigenvalue weighted by Gasteiger charge is 2.24. The molecular formula is C23H29N3O5. The van der Waals surface area contributed by atoms with E-state index in [1.165, 1.54) is 19.6 Å². The molecular weight excluding hydrogens is 398 g/mol. The van der Waals surface area contributed by atoms with E-state index in [-0.39, 0.29) is 18.6 Å². The van der Waals surface area contributed by atoms with Gasteiger partial charge in [-0.05, 0) is 61.8 Å². The molecule has 1 aliphatic rings. The van der Waals surface area contributed by atoms with E-state index in [0.29, 0.717) is 18.0 Å². The molecule has 1 fully saturated rings. The molecule has 3 N–H and O–H groups in total. The zero-order valence-electron chi connectivity index (χ0n) is 17.7. The fraction of sp³-hybridized carbons (Fsp3) is 0.391. The van der Waals surface area contributed by atoms with Crippen molar-refractivity contribution in [2.75, 3.05) is 33.4 Å². The van der Waals surface area contributed by atoms with Gasteiger partial charge in [-0.3, -0.25) is 14.5 Å². The van der Waals surface area contributed by atoms with Gasteiger partial charge in [0.2, 0.25) is 5.91 Å². The van der Waals surface area contributed by atoms with Crippen LogP contribution in [0.4, 0.5) is 0 Å². The van der Waals surface area contributed by atoms with E-state index in [2.05, 4.69) is 10.2 Å². The van der Waals surface area contributed by atoms with Crippen LogP contribution in [-0.4, -0.2) is 50.1 Å². The molecule has 0 spiro atoms. The van der Waals surface area contributed by atoms with Gasteiger partial charge in [-0.1, -0.05) is 12.5 Å². The molecule has 31 heavy (non-hydrogen) atoms. The Bertz CT molecular complexity index is 889. The number of hydrogen-bond donors (Lipinski definition) is 2. The summed E-state index contributed by atoms with van der Waals surface area (Å²) in [5, 5.41) is 2.98. The fourth-order valence-corrected chi connectivity index (χ4v) is 3.60. The predicted octanol–water partition coefficient (Wildman–Crippen LogP) is 2.51. The van der Waals surface area contributed by atoms with Crippen LogP contribution in [0.5, 0.6) is 11.5 Å². The third-order valence-electron chi connectivity index (χ3n) is 5.16. The van der Waals surface area contributed by atoms with Gasteiger partial charge in [-0.2, -0.15) is 0 Å². The second-order valence-electron chi connectivity index (χ2n) is 7.37. The van der Waals surface area contributed by atoms with Gasteiger partial charge in [0.15, 0.2) is 18.1 Å². The molecule has 2 heterocycles. The molecule has 1 aromatic heterocycles. The number of benzene rings is 1. The number of rotatable bonds is 10. The second-order valence-corrected chi connectivity index (χ2v) is 7.37. The second kappa shape index (κ2) is 11.2. The van der Waals surface area contributed by atoms with Gasteiger partial charge in [0.1, 0.15) is 5.76 Å². The van der Waals surface area contributed by atoms with Crippen molar-refractivity contribution in [3.05, 3.63) is 54.0 Å². The average Bonchev–Trinajstić information content (AvgIpc) is 3.32. The maximum Gasteiger partial charge on any atom is 0.255 e. The van der Waals surface area contributed by atoms with Crippen molar-refractivity contribution in [2.24, 2.45) is 5.73 Å². The minimum Gasteiger partial charge on any atom is -0.493 e. The lowest BCUT2D eigenvalue weighted by molar-refractivity contribution is -0.120. The first-order valence-electron chi connectivity index (χ1n) is 10.4. The predicted molar refractivity (Wildman–Crippen MR) is 117 cm³/mol. The number of nitrogens with one attached hydrogen (secondary N) is 1. The Hall–Kier alpha value is -3.26. The van der Waals surface area contributed by atoms with Crippen LogP contribution in [0.25, 0.3) is 6.08 Å². The van der Waals surface area contributed by atoms with Crippen LogP contribution in [0, 0.1) is 0 Å². The highest BCUT2D eigenvalue weighted by atomic mass is 16.5. The molecule has 166 valence electrons. The van der Waals surface area contributed by atoms with Gasteiger partial charge < -0.3 is 24.9 Å². The molecule has 0 saturated carbocycles. The summed E-state index contributed by atoms with van der Waals surface area (Å²) in [7, 11) is 1.50. The Morgan fingerprint density at radius 3 is 2.71 bits per heavy atom. The van der Waals surface area contributed by atoms with Crippen molar-refractivity contribution in [3.8, 4) is 11.5 Å². The molecule has 1 unspecified atom stereocenters. The molecule has 1 saturated heterocycles. The van der Waals surface area contributed by atoms with E-state index in [0.717, 1.165) is 37.3 Å². The Kier molecular flexibility index (Phi) is 8.12. The normalized spacial score (nSPS) is 15.5. The number of furan rings is 1. The van der Waals surface area contributed by atoms with Crippen LogP contribution >= 0.6 is 0 Å². The van der Waals surface area contributed by atoms with Gasteiger partial charge in [0.25, 0.3) is 5.91 Å². The Morgan fingerprint density at radius 1 is 1.23 bits per heavy atom. The molecule has 1 aromatic carbocycles. The van der Waals surface area contributed by atoms with Crippen LogP contribution < -0.4 is 20.5 Å². The minimum absolute atomic E-state index is 0.0226. The standard InChI is InChI=1S/C23H29N3O5/c1-29-21-14-17(7-9-20(21)31-16-22(24)27)8-10-23(28)25-15-18(19-6-5-13-30-19)26-11-3-2-4-12-26/h5-10,13-14,18H,2-4,11-12,15-16H2,1H3,(H2,24,27)(H,25,28)/b10-8+. The number of carbonyl (C=O) groups is 2. The highest BCUT2D eigenvalue weighted by molar-refractivity contribution is 5.91. The third kappa shape index (κ3) is 6.62. The van der Waals surface area contributed by atoms with Gasteiger partial charge >= 0.3 is 0 Å². The summed E-state index contributed by atoms with van der Waals surface area (Å²) in [5.74, 6) is 0.960. The summed E-state index contributed by atoms with van der Waals surface area (Å²) < 4.78 is 16.2. The molecule has 8 nitrogen and oxygen atoms in total. The van der Waals surface area contributed by atoms with E-state index in [4.69, 9.17) is 19.6 Å². The zero-order valence-corrected chi connectivity index (χ0v) is 17.7. The Balaban J connectivity index is 1.59. The van der Waals surface area contributed by atoms with Crippen molar-refractivity contribution in [2.45, 2.75) is 25.3 Å². The molecule has 8 heteroatoms. The van der Waals surface area contributed by atoms with Crippen molar-refractivity contribution < 1.29 is 23.5 Å². The van der Waals surface area contributed by atoms with Crippen molar-refractivity contribution in [3.63, 3.8) is 0 Å². The number of nitrogens with zero attached hydrogens (tertiary/aromatic N) is 1. The molecule has 1 atom stereocenters. The lowest BCUT2D eigenvalue weighted by Gasteiger charge is -2.33. The summed E-state index contributed by atoms with van der Waals surface area (Å²) in [6, 6.07) is 9.01. The molecule has 0 aliphatic carbocycles. The van der Waals surface area contributed by atoms with Crippen molar-refractivity contribution in [1.82, 2.24) is 10.2 Å².